The van der Waals surface area contributed by atoms with Gasteiger partial charge in [0.25, 0.3) is 11.5 Å². The van der Waals surface area contributed by atoms with Crippen LogP contribution in [0.25, 0.3) is 11.7 Å². The Balaban J connectivity index is 1.72. The van der Waals surface area contributed by atoms with Crippen molar-refractivity contribution < 1.29 is 19.1 Å². The van der Waals surface area contributed by atoms with E-state index in [1.54, 1.807) is 31.3 Å². The molecule has 4 aromatic rings. The molecule has 0 saturated carbocycles. The number of ether oxygens (including phenoxy) is 2. The molecule has 0 radical (unpaired) electrons. The fraction of sp³-hybridized carbons (Fsp3) is 0.138. The summed E-state index contributed by atoms with van der Waals surface area (Å²) in [6.45, 7) is 5.70. The molecular formula is C29H24N4O5. The second-order valence-corrected chi connectivity index (χ2v) is 8.36. The molecule has 0 aliphatic rings. The molecule has 38 heavy (non-hydrogen) atoms. The minimum Gasteiger partial charge on any atom is -0.462 e. The van der Waals surface area contributed by atoms with Crippen molar-refractivity contribution >= 4 is 29.3 Å². The summed E-state index contributed by atoms with van der Waals surface area (Å²) in [5.41, 5.74) is 1.95. The Morgan fingerprint density at radius 1 is 1.08 bits per heavy atom. The van der Waals surface area contributed by atoms with Gasteiger partial charge in [0.1, 0.15) is 28.6 Å². The Morgan fingerprint density at radius 3 is 2.45 bits per heavy atom. The zero-order valence-electron chi connectivity index (χ0n) is 21.0. The Labute approximate surface area is 218 Å². The molecule has 2 aromatic carbocycles. The zero-order chi connectivity index (χ0) is 27.2. The Morgan fingerprint density at radius 2 is 1.79 bits per heavy atom. The van der Waals surface area contributed by atoms with Gasteiger partial charge in [0.15, 0.2) is 0 Å². The summed E-state index contributed by atoms with van der Waals surface area (Å²) < 4.78 is 12.2. The lowest BCUT2D eigenvalue weighted by atomic mass is 10.1. The van der Waals surface area contributed by atoms with Crippen molar-refractivity contribution in [2.75, 3.05) is 11.9 Å². The summed E-state index contributed by atoms with van der Waals surface area (Å²) in [5, 5.41) is 12.4. The second kappa shape index (κ2) is 11.2. The highest BCUT2D eigenvalue weighted by Crippen LogP contribution is 2.25. The summed E-state index contributed by atoms with van der Waals surface area (Å²) in [5.74, 6) is -0.817. The topological polar surface area (TPSA) is 123 Å². The van der Waals surface area contributed by atoms with E-state index in [0.717, 1.165) is 17.2 Å². The first kappa shape index (κ1) is 25.9. The maximum Gasteiger partial charge on any atom is 0.338 e. The number of anilines is 1. The van der Waals surface area contributed by atoms with Crippen molar-refractivity contribution in [1.29, 1.82) is 5.26 Å². The third-order valence-corrected chi connectivity index (χ3v) is 5.59. The predicted molar refractivity (Wildman–Crippen MR) is 142 cm³/mol. The second-order valence-electron chi connectivity index (χ2n) is 8.36. The molecule has 1 amide bonds. The normalized spacial score (nSPS) is 11.1. The fourth-order valence-electron chi connectivity index (χ4n) is 3.61. The molecule has 0 fully saturated rings. The van der Waals surface area contributed by atoms with Gasteiger partial charge in [-0.15, -0.1) is 0 Å². The van der Waals surface area contributed by atoms with E-state index in [1.165, 1.54) is 28.7 Å². The van der Waals surface area contributed by atoms with Gasteiger partial charge in [-0.3, -0.25) is 14.0 Å². The van der Waals surface area contributed by atoms with E-state index in [2.05, 4.69) is 10.3 Å². The molecule has 190 valence electrons. The lowest BCUT2D eigenvalue weighted by Crippen LogP contribution is -2.20. The van der Waals surface area contributed by atoms with Crippen molar-refractivity contribution in [3.63, 3.8) is 0 Å². The third kappa shape index (κ3) is 5.60. The van der Waals surface area contributed by atoms with Gasteiger partial charge in [0.05, 0.1) is 12.2 Å². The number of nitrogens with one attached hydrogen (secondary N) is 1. The molecule has 0 spiro atoms. The van der Waals surface area contributed by atoms with Crippen molar-refractivity contribution in [3.05, 3.63) is 105 Å². The van der Waals surface area contributed by atoms with Crippen LogP contribution in [0, 0.1) is 25.2 Å². The van der Waals surface area contributed by atoms with Gasteiger partial charge < -0.3 is 14.8 Å². The third-order valence-electron chi connectivity index (χ3n) is 5.59. The first-order valence-electron chi connectivity index (χ1n) is 11.8. The molecule has 0 aliphatic heterocycles. The van der Waals surface area contributed by atoms with Crippen LogP contribution in [-0.4, -0.2) is 27.9 Å². The van der Waals surface area contributed by atoms with Crippen molar-refractivity contribution in [3.8, 4) is 17.7 Å². The smallest absolute Gasteiger partial charge is 0.338 e. The Bertz CT molecular complexity index is 1650. The molecule has 2 aromatic heterocycles. The summed E-state index contributed by atoms with van der Waals surface area (Å²) in [7, 11) is 0. The first-order chi connectivity index (χ1) is 18.3. The van der Waals surface area contributed by atoms with Crippen LogP contribution in [-0.2, 0) is 9.53 Å². The number of rotatable bonds is 7. The molecule has 4 rings (SSSR count). The van der Waals surface area contributed by atoms with Crippen LogP contribution in [0.15, 0.2) is 77.2 Å². The lowest BCUT2D eigenvalue weighted by Gasteiger charge is -2.12. The minimum absolute atomic E-state index is 0.0347. The maximum absolute atomic E-state index is 13.4. The van der Waals surface area contributed by atoms with E-state index in [1.807, 2.05) is 38.1 Å². The molecule has 0 unspecified atom stereocenters. The number of aromatic nitrogens is 2. The molecule has 2 heterocycles. The molecule has 0 bridgehead atoms. The molecule has 0 atom stereocenters. The van der Waals surface area contributed by atoms with Crippen molar-refractivity contribution in [2.45, 2.75) is 20.8 Å². The van der Waals surface area contributed by atoms with Gasteiger partial charge in [-0.05, 0) is 74.9 Å². The SMILES string of the molecule is CCOC(=O)c1ccc(NC(=O)/C(C#N)=C\c2c(Oc3ccc(C)cc3)nc3c(C)cccn3c2=O)cc1. The molecule has 9 heteroatoms. The average molecular weight is 509 g/mol. The minimum atomic E-state index is -0.744. The zero-order valence-corrected chi connectivity index (χ0v) is 21.0. The summed E-state index contributed by atoms with van der Waals surface area (Å²) in [6, 6.07) is 18.6. The molecule has 1 N–H and O–H groups in total. The summed E-state index contributed by atoms with van der Waals surface area (Å²) >= 11 is 0. The van der Waals surface area contributed by atoms with Gasteiger partial charge in [0.2, 0.25) is 5.88 Å². The van der Waals surface area contributed by atoms with Crippen LogP contribution in [0.5, 0.6) is 11.6 Å². The number of esters is 1. The van der Waals surface area contributed by atoms with Crippen LogP contribution < -0.4 is 15.6 Å². The van der Waals surface area contributed by atoms with E-state index in [-0.39, 0.29) is 23.6 Å². The first-order valence-corrected chi connectivity index (χ1v) is 11.8. The fourth-order valence-corrected chi connectivity index (χ4v) is 3.61. The summed E-state index contributed by atoms with van der Waals surface area (Å²) in [4.78, 5) is 42.8. The number of nitriles is 1. The van der Waals surface area contributed by atoms with Gasteiger partial charge in [-0.2, -0.15) is 10.2 Å². The van der Waals surface area contributed by atoms with E-state index in [9.17, 15) is 19.6 Å². The van der Waals surface area contributed by atoms with Crippen LogP contribution in [0.2, 0.25) is 0 Å². The predicted octanol–water partition coefficient (Wildman–Crippen LogP) is 4.83. The quantitative estimate of drug-likeness (QED) is 0.216. The number of carbonyl (C=O) groups excluding carboxylic acids is 2. The number of amides is 1. The highest BCUT2D eigenvalue weighted by Gasteiger charge is 2.18. The molecule has 9 nitrogen and oxygen atoms in total. The highest BCUT2D eigenvalue weighted by atomic mass is 16.5. The van der Waals surface area contributed by atoms with Crippen LogP contribution in [0.3, 0.4) is 0 Å². The van der Waals surface area contributed by atoms with Crippen molar-refractivity contribution in [2.24, 2.45) is 0 Å². The monoisotopic (exact) mass is 508 g/mol. The number of hydrogen-bond acceptors (Lipinski definition) is 7. The molecule has 0 saturated heterocycles. The number of benzene rings is 2. The summed E-state index contributed by atoms with van der Waals surface area (Å²) in [6.07, 6.45) is 2.72. The standard InChI is InChI=1S/C29H24N4O5/c1-4-37-29(36)20-9-11-22(12-10-20)31-26(34)21(17-30)16-24-27(38-23-13-7-18(2)8-14-23)32-25-19(3)6-5-15-33(25)28(24)35/h5-16H,4H2,1-3H3,(H,31,34)/b21-16-. The van der Waals surface area contributed by atoms with Crippen LogP contribution in [0.4, 0.5) is 5.69 Å². The number of nitrogens with zero attached hydrogens (tertiary/aromatic N) is 3. The maximum atomic E-state index is 13.4. The van der Waals surface area contributed by atoms with E-state index in [4.69, 9.17) is 9.47 Å². The number of hydrogen-bond donors (Lipinski definition) is 1. The Kier molecular flexibility index (Phi) is 7.63. The average Bonchev–Trinajstić information content (AvgIpc) is 2.91. The lowest BCUT2D eigenvalue weighted by molar-refractivity contribution is -0.112. The van der Waals surface area contributed by atoms with Crippen LogP contribution >= 0.6 is 0 Å². The highest BCUT2D eigenvalue weighted by molar-refractivity contribution is 6.10. The number of aryl methyl sites for hydroxylation is 2. The van der Waals surface area contributed by atoms with Gasteiger partial charge in [0, 0.05) is 11.9 Å². The van der Waals surface area contributed by atoms with Crippen LogP contribution in [0.1, 0.15) is 34.0 Å². The number of fused-ring (bicyclic) bond motifs is 1. The van der Waals surface area contributed by atoms with Gasteiger partial charge in [-0.25, -0.2) is 4.79 Å². The Hall–Kier alpha value is -5.23. The van der Waals surface area contributed by atoms with E-state index in [0.29, 0.717) is 22.6 Å². The molecule has 0 aliphatic carbocycles. The van der Waals surface area contributed by atoms with E-state index >= 15 is 0 Å². The van der Waals surface area contributed by atoms with E-state index < -0.39 is 17.4 Å². The molecular weight excluding hydrogens is 484 g/mol. The van der Waals surface area contributed by atoms with Gasteiger partial charge in [-0.1, -0.05) is 23.8 Å². The number of pyridine rings is 1. The largest absolute Gasteiger partial charge is 0.462 e. The van der Waals surface area contributed by atoms with Gasteiger partial charge >= 0.3 is 5.97 Å². The number of carbonyl (C=O) groups is 2. The van der Waals surface area contributed by atoms with Crippen molar-refractivity contribution in [1.82, 2.24) is 9.38 Å².